The van der Waals surface area contributed by atoms with Crippen LogP contribution in [0.1, 0.15) is 18.1 Å². The van der Waals surface area contributed by atoms with E-state index >= 15 is 0 Å². The molecule has 1 aromatic heterocycles. The molecule has 0 unspecified atom stereocenters. The molecule has 0 aliphatic heterocycles. The predicted molar refractivity (Wildman–Crippen MR) is 98.4 cm³/mol. The molecule has 0 saturated heterocycles. The van der Waals surface area contributed by atoms with Crippen molar-refractivity contribution in [3.63, 3.8) is 0 Å². The van der Waals surface area contributed by atoms with Crippen molar-refractivity contribution in [2.75, 3.05) is 20.0 Å². The summed E-state index contributed by atoms with van der Waals surface area (Å²) < 4.78 is 11.1. The lowest BCUT2D eigenvalue weighted by Gasteiger charge is -2.16. The van der Waals surface area contributed by atoms with Crippen LogP contribution in [-0.4, -0.2) is 29.9 Å². The summed E-state index contributed by atoms with van der Waals surface area (Å²) in [5.74, 6) is 1.15. The van der Waals surface area contributed by atoms with Crippen molar-refractivity contribution >= 4 is 11.8 Å². The Bertz CT molecular complexity index is 884. The Morgan fingerprint density at radius 2 is 2.24 bits per heavy atom. The second-order valence-corrected chi connectivity index (χ2v) is 5.80. The van der Waals surface area contributed by atoms with E-state index in [1.54, 1.807) is 25.5 Å². The number of benzene rings is 1. The summed E-state index contributed by atoms with van der Waals surface area (Å²) >= 11 is 1.30. The number of allylic oxidation sites excluding steroid dienone is 1. The zero-order valence-electron chi connectivity index (χ0n) is 14.4. The number of aromatic nitrogens is 2. The van der Waals surface area contributed by atoms with Crippen LogP contribution < -0.4 is 15.0 Å². The quantitative estimate of drug-likeness (QED) is 0.465. The van der Waals surface area contributed by atoms with E-state index in [4.69, 9.17) is 9.47 Å². The molecular weight excluding hydrogens is 338 g/mol. The van der Waals surface area contributed by atoms with Crippen LogP contribution >= 0.6 is 11.8 Å². The maximum atomic E-state index is 12.2. The van der Waals surface area contributed by atoms with Crippen molar-refractivity contribution in [3.05, 3.63) is 46.3 Å². The van der Waals surface area contributed by atoms with Gasteiger partial charge in [0.1, 0.15) is 11.6 Å². The number of hydrogen-bond donors (Lipinski definition) is 1. The third-order valence-corrected chi connectivity index (χ3v) is 4.06. The maximum Gasteiger partial charge on any atom is 0.270 e. The van der Waals surface area contributed by atoms with Gasteiger partial charge in [-0.15, -0.1) is 6.58 Å². The van der Waals surface area contributed by atoms with Crippen molar-refractivity contribution < 1.29 is 9.47 Å². The Morgan fingerprint density at radius 3 is 2.80 bits per heavy atom. The van der Waals surface area contributed by atoms with Crippen molar-refractivity contribution in [2.45, 2.75) is 18.5 Å². The smallest absolute Gasteiger partial charge is 0.270 e. The van der Waals surface area contributed by atoms with Gasteiger partial charge in [-0.1, -0.05) is 17.8 Å². The number of hydrogen-bond acceptors (Lipinski definition) is 6. The van der Waals surface area contributed by atoms with Crippen LogP contribution in [0.25, 0.3) is 11.3 Å². The van der Waals surface area contributed by atoms with Gasteiger partial charge in [-0.05, 0) is 31.7 Å². The fourth-order valence-electron chi connectivity index (χ4n) is 2.43. The number of ether oxygens (including phenoxy) is 2. The molecule has 0 amide bonds. The second-order valence-electron chi connectivity index (χ2n) is 5.00. The highest BCUT2D eigenvalue weighted by atomic mass is 32.2. The molecule has 0 radical (unpaired) electrons. The first-order valence-electron chi connectivity index (χ1n) is 7.62. The Balaban J connectivity index is 2.78. The summed E-state index contributed by atoms with van der Waals surface area (Å²) in [6.07, 6.45) is 4.11. The van der Waals surface area contributed by atoms with Crippen LogP contribution in [0.4, 0.5) is 0 Å². The largest absolute Gasteiger partial charge is 0.493 e. The SMILES string of the molecule is C=CCc1cc(-c2nc(SC)[nH]c(=O)c2C#N)cc(OC)c1OCC. The lowest BCUT2D eigenvalue weighted by atomic mass is 10.0. The molecule has 2 aromatic rings. The zero-order chi connectivity index (χ0) is 18.4. The van der Waals surface area contributed by atoms with Crippen LogP contribution in [0.5, 0.6) is 11.5 Å². The summed E-state index contributed by atoms with van der Waals surface area (Å²) in [5.41, 5.74) is 1.30. The molecule has 0 saturated carbocycles. The molecule has 1 N–H and O–H groups in total. The van der Waals surface area contributed by atoms with Gasteiger partial charge in [0.05, 0.1) is 19.4 Å². The molecule has 1 heterocycles. The molecule has 0 bridgehead atoms. The third kappa shape index (κ3) is 3.86. The minimum atomic E-state index is -0.463. The molecule has 0 fully saturated rings. The molecule has 6 nitrogen and oxygen atoms in total. The van der Waals surface area contributed by atoms with Crippen LogP contribution in [0.3, 0.4) is 0 Å². The van der Waals surface area contributed by atoms with Crippen molar-refractivity contribution in [1.29, 1.82) is 5.26 Å². The number of rotatable bonds is 7. The molecule has 0 aliphatic carbocycles. The molecule has 0 aliphatic rings. The van der Waals surface area contributed by atoms with E-state index in [1.165, 1.54) is 11.8 Å². The third-order valence-electron chi connectivity index (χ3n) is 3.48. The predicted octanol–water partition coefficient (Wildman–Crippen LogP) is 3.17. The Morgan fingerprint density at radius 1 is 1.48 bits per heavy atom. The second kappa shape index (κ2) is 8.40. The summed E-state index contributed by atoms with van der Waals surface area (Å²) in [6.45, 7) is 6.15. The molecule has 0 atom stereocenters. The molecule has 2 rings (SSSR count). The van der Waals surface area contributed by atoms with Gasteiger partial charge in [-0.2, -0.15) is 5.26 Å². The van der Waals surface area contributed by atoms with Gasteiger partial charge in [0.15, 0.2) is 16.7 Å². The molecule has 25 heavy (non-hydrogen) atoms. The standard InChI is InChI=1S/C18H19N3O3S/c1-5-7-11-8-12(9-14(23-3)16(11)24-6-2)15-13(10-19)17(22)21-18(20-15)25-4/h5,8-9H,1,6-7H2,2-4H3,(H,20,21,22). The van der Waals surface area contributed by atoms with Gasteiger partial charge < -0.3 is 14.5 Å². The van der Waals surface area contributed by atoms with Crippen molar-refractivity contribution in [2.24, 2.45) is 0 Å². The number of thioether (sulfide) groups is 1. The zero-order valence-corrected chi connectivity index (χ0v) is 15.2. The van der Waals surface area contributed by atoms with Crippen molar-refractivity contribution in [3.8, 4) is 28.8 Å². The Kier molecular flexibility index (Phi) is 6.25. The van der Waals surface area contributed by atoms with Gasteiger partial charge in [0.2, 0.25) is 0 Å². The lowest BCUT2D eigenvalue weighted by molar-refractivity contribution is 0.308. The first kappa shape index (κ1) is 18.6. The fourth-order valence-corrected chi connectivity index (χ4v) is 2.80. The van der Waals surface area contributed by atoms with Crippen LogP contribution in [0, 0.1) is 11.3 Å². The Hall–Kier alpha value is -2.72. The molecule has 1 aromatic carbocycles. The molecular formula is C18H19N3O3S. The average molecular weight is 357 g/mol. The van der Waals surface area contributed by atoms with Crippen LogP contribution in [0.2, 0.25) is 0 Å². The first-order valence-corrected chi connectivity index (χ1v) is 8.85. The minimum Gasteiger partial charge on any atom is -0.493 e. The number of nitrogens with one attached hydrogen (secondary N) is 1. The van der Waals surface area contributed by atoms with E-state index in [0.717, 1.165) is 5.56 Å². The highest BCUT2D eigenvalue weighted by Gasteiger charge is 2.18. The number of nitrogens with zero attached hydrogens (tertiary/aromatic N) is 2. The minimum absolute atomic E-state index is 0.0337. The van der Waals surface area contributed by atoms with Gasteiger partial charge in [0.25, 0.3) is 5.56 Å². The highest BCUT2D eigenvalue weighted by molar-refractivity contribution is 7.98. The topological polar surface area (TPSA) is 88.0 Å². The summed E-state index contributed by atoms with van der Waals surface area (Å²) in [4.78, 5) is 19.2. The maximum absolute atomic E-state index is 12.2. The van der Waals surface area contributed by atoms with Gasteiger partial charge in [-0.3, -0.25) is 4.79 Å². The summed E-state index contributed by atoms with van der Waals surface area (Å²) in [5, 5.41) is 9.82. The fraction of sp³-hybridized carbons (Fsp3) is 0.278. The van der Waals surface area contributed by atoms with Gasteiger partial charge in [0, 0.05) is 11.1 Å². The Labute approximate surface area is 150 Å². The number of aromatic amines is 1. The van der Waals surface area contributed by atoms with Crippen molar-refractivity contribution in [1.82, 2.24) is 9.97 Å². The molecule has 0 spiro atoms. The van der Waals surface area contributed by atoms with E-state index < -0.39 is 5.56 Å². The molecule has 7 heteroatoms. The van der Waals surface area contributed by atoms with Crippen LogP contribution in [-0.2, 0) is 6.42 Å². The van der Waals surface area contributed by atoms with Crippen LogP contribution in [0.15, 0.2) is 34.7 Å². The monoisotopic (exact) mass is 357 g/mol. The van der Waals surface area contributed by atoms with Gasteiger partial charge >= 0.3 is 0 Å². The lowest BCUT2D eigenvalue weighted by Crippen LogP contribution is -2.14. The average Bonchev–Trinajstić information content (AvgIpc) is 2.62. The first-order chi connectivity index (χ1) is 12.1. The number of methoxy groups -OCH3 is 1. The van der Waals surface area contributed by atoms with E-state index in [1.807, 2.05) is 19.1 Å². The van der Waals surface area contributed by atoms with E-state index in [-0.39, 0.29) is 5.56 Å². The molecule has 130 valence electrons. The van der Waals surface area contributed by atoms with E-state index in [9.17, 15) is 10.1 Å². The normalized spacial score (nSPS) is 10.2. The van der Waals surface area contributed by atoms with Gasteiger partial charge in [-0.25, -0.2) is 4.98 Å². The summed E-state index contributed by atoms with van der Waals surface area (Å²) in [7, 11) is 1.54. The highest BCUT2D eigenvalue weighted by Crippen LogP contribution is 2.37. The number of H-pyrrole nitrogens is 1. The number of nitriles is 1. The summed E-state index contributed by atoms with van der Waals surface area (Å²) in [6, 6.07) is 5.51. The van der Waals surface area contributed by atoms with E-state index in [0.29, 0.717) is 40.9 Å². The van der Waals surface area contributed by atoms with E-state index in [2.05, 4.69) is 16.5 Å².